The highest BCUT2D eigenvalue weighted by Crippen LogP contribution is 2.32. The van der Waals surface area contributed by atoms with Gasteiger partial charge in [-0.1, -0.05) is 60.6 Å². The second kappa shape index (κ2) is 9.49. The number of carbonyl (C=O) groups excluding carboxylic acids is 1. The first-order valence-electron chi connectivity index (χ1n) is 10.0. The number of ether oxygens (including phenoxy) is 1. The molecular weight excluding hydrogens is 428 g/mol. The molecule has 7 heteroatoms. The number of fused-ring (bicyclic) bond motifs is 1. The number of thioether (sulfide) groups is 1. The summed E-state index contributed by atoms with van der Waals surface area (Å²) in [5, 5.41) is 3.17. The molecule has 5 nitrogen and oxygen atoms in total. The smallest absolute Gasteiger partial charge is 0.338 e. The minimum Gasteiger partial charge on any atom is -0.462 e. The Balaban J connectivity index is 1.53. The van der Waals surface area contributed by atoms with Gasteiger partial charge in [-0.3, -0.25) is 4.79 Å². The van der Waals surface area contributed by atoms with Crippen LogP contribution >= 0.6 is 23.1 Å². The van der Waals surface area contributed by atoms with Crippen LogP contribution in [-0.2, 0) is 10.5 Å². The Morgan fingerprint density at radius 2 is 2.00 bits per heavy atom. The number of aryl methyl sites for hydroxylation is 1. The first kappa shape index (κ1) is 21.3. The zero-order valence-electron chi connectivity index (χ0n) is 17.3. The SMILES string of the molecule is CCCOC(=O)c1cccc(CSc2nc3scc(-c4ccc(C)cc4)c3c(=O)[nH]2)c1. The fourth-order valence-corrected chi connectivity index (χ4v) is 4.97. The van der Waals surface area contributed by atoms with E-state index in [1.807, 2.05) is 61.7 Å². The number of esters is 1. The summed E-state index contributed by atoms with van der Waals surface area (Å²) in [6, 6.07) is 15.5. The number of benzene rings is 2. The topological polar surface area (TPSA) is 72.0 Å². The van der Waals surface area contributed by atoms with Crippen LogP contribution < -0.4 is 5.56 Å². The minimum atomic E-state index is -0.316. The summed E-state index contributed by atoms with van der Waals surface area (Å²) in [5.74, 6) is 0.267. The summed E-state index contributed by atoms with van der Waals surface area (Å²) < 4.78 is 5.20. The Labute approximate surface area is 188 Å². The highest BCUT2D eigenvalue weighted by Gasteiger charge is 2.14. The third kappa shape index (κ3) is 4.89. The Bertz CT molecular complexity index is 1280. The lowest BCUT2D eigenvalue weighted by Gasteiger charge is -2.06. The molecule has 0 saturated heterocycles. The van der Waals surface area contributed by atoms with E-state index in [1.165, 1.54) is 28.7 Å². The lowest BCUT2D eigenvalue weighted by atomic mass is 10.1. The number of carbonyl (C=O) groups is 1. The van der Waals surface area contributed by atoms with Gasteiger partial charge < -0.3 is 9.72 Å². The Morgan fingerprint density at radius 3 is 2.77 bits per heavy atom. The van der Waals surface area contributed by atoms with E-state index in [4.69, 9.17) is 4.74 Å². The Kier molecular flexibility index (Phi) is 6.53. The largest absolute Gasteiger partial charge is 0.462 e. The summed E-state index contributed by atoms with van der Waals surface area (Å²) in [6.07, 6.45) is 0.789. The summed E-state index contributed by atoms with van der Waals surface area (Å²) in [4.78, 5) is 33.2. The molecule has 0 bridgehead atoms. The first-order chi connectivity index (χ1) is 15.0. The van der Waals surface area contributed by atoms with Crippen molar-refractivity contribution in [2.24, 2.45) is 0 Å². The van der Waals surface area contributed by atoms with E-state index in [1.54, 1.807) is 6.07 Å². The van der Waals surface area contributed by atoms with Crippen molar-refractivity contribution >= 4 is 39.3 Å². The van der Waals surface area contributed by atoms with Gasteiger partial charge in [0.1, 0.15) is 4.83 Å². The van der Waals surface area contributed by atoms with Crippen molar-refractivity contribution in [1.29, 1.82) is 0 Å². The maximum absolute atomic E-state index is 12.8. The average Bonchev–Trinajstić information content (AvgIpc) is 3.21. The fraction of sp³-hybridized carbons (Fsp3) is 0.208. The molecule has 0 amide bonds. The fourth-order valence-electron chi connectivity index (χ4n) is 3.16. The van der Waals surface area contributed by atoms with Gasteiger partial charge >= 0.3 is 5.97 Å². The number of nitrogens with zero attached hydrogens (tertiary/aromatic N) is 1. The number of nitrogens with one attached hydrogen (secondary N) is 1. The zero-order valence-corrected chi connectivity index (χ0v) is 18.9. The molecule has 0 aliphatic carbocycles. The molecule has 158 valence electrons. The van der Waals surface area contributed by atoms with Gasteiger partial charge in [0.25, 0.3) is 5.56 Å². The molecule has 2 aromatic heterocycles. The quantitative estimate of drug-likeness (QED) is 0.218. The van der Waals surface area contributed by atoms with Gasteiger partial charge in [0, 0.05) is 16.7 Å². The molecule has 0 saturated carbocycles. The molecule has 0 spiro atoms. The molecule has 0 unspecified atom stereocenters. The summed E-state index contributed by atoms with van der Waals surface area (Å²) >= 11 is 2.91. The van der Waals surface area contributed by atoms with Crippen LogP contribution in [0.25, 0.3) is 21.3 Å². The third-order valence-electron chi connectivity index (χ3n) is 4.76. The van der Waals surface area contributed by atoms with Gasteiger partial charge in [-0.25, -0.2) is 9.78 Å². The molecule has 0 radical (unpaired) electrons. The van der Waals surface area contributed by atoms with Crippen LogP contribution in [0, 0.1) is 6.92 Å². The van der Waals surface area contributed by atoms with Crippen LogP contribution in [0.15, 0.2) is 63.9 Å². The number of hydrogen-bond donors (Lipinski definition) is 1. The van der Waals surface area contributed by atoms with E-state index < -0.39 is 0 Å². The Hall–Kier alpha value is -2.90. The van der Waals surface area contributed by atoms with E-state index in [9.17, 15) is 9.59 Å². The summed E-state index contributed by atoms with van der Waals surface area (Å²) in [5.41, 5.74) is 4.45. The molecule has 4 aromatic rings. The molecule has 2 aromatic carbocycles. The lowest BCUT2D eigenvalue weighted by molar-refractivity contribution is 0.0505. The van der Waals surface area contributed by atoms with Crippen LogP contribution in [0.1, 0.15) is 34.8 Å². The van der Waals surface area contributed by atoms with Gasteiger partial charge in [0.2, 0.25) is 0 Å². The van der Waals surface area contributed by atoms with Crippen LogP contribution in [0.4, 0.5) is 0 Å². The second-order valence-electron chi connectivity index (χ2n) is 7.19. The monoisotopic (exact) mass is 450 g/mol. The first-order valence-corrected chi connectivity index (χ1v) is 11.9. The number of aromatic nitrogens is 2. The number of H-pyrrole nitrogens is 1. The number of thiophene rings is 1. The van der Waals surface area contributed by atoms with Crippen LogP contribution in [0.5, 0.6) is 0 Å². The van der Waals surface area contributed by atoms with Crippen LogP contribution in [0.2, 0.25) is 0 Å². The van der Waals surface area contributed by atoms with Crippen molar-refractivity contribution in [1.82, 2.24) is 9.97 Å². The predicted molar refractivity (Wildman–Crippen MR) is 127 cm³/mol. The maximum Gasteiger partial charge on any atom is 0.338 e. The molecule has 31 heavy (non-hydrogen) atoms. The van der Waals surface area contributed by atoms with Crippen molar-refractivity contribution < 1.29 is 9.53 Å². The highest BCUT2D eigenvalue weighted by molar-refractivity contribution is 7.98. The van der Waals surface area contributed by atoms with Crippen LogP contribution in [-0.4, -0.2) is 22.5 Å². The van der Waals surface area contributed by atoms with Crippen molar-refractivity contribution in [2.75, 3.05) is 6.61 Å². The van der Waals surface area contributed by atoms with E-state index in [0.717, 1.165) is 27.9 Å². The minimum absolute atomic E-state index is 0.138. The number of rotatable bonds is 7. The van der Waals surface area contributed by atoms with E-state index in [0.29, 0.717) is 28.5 Å². The molecule has 0 aliphatic rings. The Morgan fingerprint density at radius 1 is 1.19 bits per heavy atom. The van der Waals surface area contributed by atoms with Gasteiger partial charge in [0.05, 0.1) is 17.6 Å². The molecule has 0 atom stereocenters. The van der Waals surface area contributed by atoms with E-state index >= 15 is 0 Å². The summed E-state index contributed by atoms with van der Waals surface area (Å²) in [7, 11) is 0. The van der Waals surface area contributed by atoms with E-state index in [-0.39, 0.29) is 11.5 Å². The zero-order chi connectivity index (χ0) is 21.8. The standard InChI is InChI=1S/C24H22N2O3S2/c1-3-11-29-23(28)18-6-4-5-16(12-18)13-31-24-25-21(27)20-19(14-30-22(20)26-24)17-9-7-15(2)8-10-17/h4-10,12,14H,3,11,13H2,1-2H3,(H,25,26,27). The maximum atomic E-state index is 12.8. The predicted octanol–water partition coefficient (Wildman–Crippen LogP) is 5.82. The van der Waals surface area contributed by atoms with E-state index in [2.05, 4.69) is 9.97 Å². The van der Waals surface area contributed by atoms with Crippen molar-refractivity contribution in [3.8, 4) is 11.1 Å². The molecular formula is C24H22N2O3S2. The number of aromatic amines is 1. The summed E-state index contributed by atoms with van der Waals surface area (Å²) in [6.45, 7) is 4.41. The molecule has 1 N–H and O–H groups in total. The molecule has 0 aliphatic heterocycles. The van der Waals surface area contributed by atoms with Crippen molar-refractivity contribution in [3.63, 3.8) is 0 Å². The van der Waals surface area contributed by atoms with Gasteiger partial charge in [-0.05, 0) is 36.6 Å². The number of hydrogen-bond acceptors (Lipinski definition) is 6. The van der Waals surface area contributed by atoms with Gasteiger partial charge in [-0.15, -0.1) is 11.3 Å². The molecule has 2 heterocycles. The highest BCUT2D eigenvalue weighted by atomic mass is 32.2. The third-order valence-corrected chi connectivity index (χ3v) is 6.58. The van der Waals surface area contributed by atoms with Crippen molar-refractivity contribution in [3.05, 3.63) is 81.0 Å². The second-order valence-corrected chi connectivity index (χ2v) is 9.01. The molecule has 4 rings (SSSR count). The van der Waals surface area contributed by atoms with Crippen molar-refractivity contribution in [2.45, 2.75) is 31.2 Å². The average molecular weight is 451 g/mol. The van der Waals surface area contributed by atoms with Crippen LogP contribution in [0.3, 0.4) is 0 Å². The van der Waals surface area contributed by atoms with Gasteiger partial charge in [-0.2, -0.15) is 0 Å². The lowest BCUT2D eigenvalue weighted by Crippen LogP contribution is -2.08. The normalized spacial score (nSPS) is 11.0. The van der Waals surface area contributed by atoms with Gasteiger partial charge in [0.15, 0.2) is 5.16 Å². The molecule has 0 fully saturated rings.